The zero-order valence-electron chi connectivity index (χ0n) is 11.6. The summed E-state index contributed by atoms with van der Waals surface area (Å²) in [4.78, 5) is 14.4. The van der Waals surface area contributed by atoms with Gasteiger partial charge in [0.1, 0.15) is 10.8 Å². The number of aryl methyl sites for hydroxylation is 1. The Labute approximate surface area is 147 Å². The van der Waals surface area contributed by atoms with E-state index in [1.165, 1.54) is 24.4 Å². The van der Waals surface area contributed by atoms with E-state index in [0.717, 1.165) is 0 Å². The van der Waals surface area contributed by atoms with Crippen LogP contribution < -0.4 is 10.0 Å². The average molecular weight is 395 g/mol. The fourth-order valence-corrected chi connectivity index (χ4v) is 3.21. The number of ether oxygens (including phenoxy) is 1. The molecule has 0 aliphatic rings. The fourth-order valence-electron chi connectivity index (χ4n) is 1.84. The largest absolute Gasteiger partial charge is 0.501 e. The van der Waals surface area contributed by atoms with Crippen LogP contribution in [0.15, 0.2) is 24.4 Å². The molecule has 2 rings (SSSR count). The summed E-state index contributed by atoms with van der Waals surface area (Å²) in [5.74, 6) is 0.323. The monoisotopic (exact) mass is 393 g/mol. The highest BCUT2D eigenvalue weighted by Gasteiger charge is 2.32. The van der Waals surface area contributed by atoms with E-state index in [1.54, 1.807) is 6.92 Å². The van der Waals surface area contributed by atoms with Crippen LogP contribution in [-0.2, 0) is 11.0 Å². The van der Waals surface area contributed by atoms with Crippen molar-refractivity contribution in [3.63, 3.8) is 0 Å². The number of nitro groups is 1. The Balaban J connectivity index is 2.55. The molecule has 0 spiro atoms. The maximum absolute atomic E-state index is 11.6. The zero-order chi connectivity index (χ0) is 17.1. The van der Waals surface area contributed by atoms with Gasteiger partial charge in [0.05, 0.1) is 9.95 Å². The molecule has 0 radical (unpaired) electrons. The Hall–Kier alpha value is -1.46. The molecule has 10 heteroatoms. The minimum Gasteiger partial charge on any atom is -0.437 e. The Bertz CT molecular complexity index is 801. The van der Waals surface area contributed by atoms with Crippen LogP contribution in [0.2, 0.25) is 10.0 Å². The van der Waals surface area contributed by atoms with Crippen LogP contribution in [0.1, 0.15) is 12.5 Å². The van der Waals surface area contributed by atoms with E-state index in [-0.39, 0.29) is 27.6 Å². The van der Waals surface area contributed by atoms with Gasteiger partial charge >= 0.3 is 12.8 Å². The van der Waals surface area contributed by atoms with Gasteiger partial charge in [-0.15, -0.1) is 0 Å². The summed E-state index contributed by atoms with van der Waals surface area (Å²) in [6.07, 6.45) is 1.80. The molecule has 0 saturated heterocycles. The number of nitrogens with zero attached hydrogens (tertiary/aromatic N) is 2. The second kappa shape index (κ2) is 7.41. The van der Waals surface area contributed by atoms with E-state index in [1.807, 2.05) is 0 Å². The lowest BCUT2D eigenvalue weighted by Gasteiger charge is -2.10. The molecular formula is C13H9Cl3N2O4P+. The summed E-state index contributed by atoms with van der Waals surface area (Å²) >= 11 is 17.3. The molecule has 0 aliphatic carbocycles. The van der Waals surface area contributed by atoms with Gasteiger partial charge in [-0.1, -0.05) is 30.1 Å². The van der Waals surface area contributed by atoms with Crippen molar-refractivity contribution in [2.45, 2.75) is 13.3 Å². The molecule has 6 nitrogen and oxygen atoms in total. The quantitative estimate of drug-likeness (QED) is 0.392. The second-order valence-electron chi connectivity index (χ2n) is 4.35. The maximum Gasteiger partial charge on any atom is 0.501 e. The van der Waals surface area contributed by atoms with Gasteiger partial charge < -0.3 is 4.74 Å². The molecule has 1 atom stereocenters. The Morgan fingerprint density at radius 1 is 1.35 bits per heavy atom. The summed E-state index contributed by atoms with van der Waals surface area (Å²) in [5.41, 5.74) is 0.210. The number of halogens is 3. The molecule has 0 aliphatic heterocycles. The summed E-state index contributed by atoms with van der Waals surface area (Å²) in [5, 5.41) is 11.5. The van der Waals surface area contributed by atoms with Crippen LogP contribution in [0.3, 0.4) is 0 Å². The number of hydrogen-bond donors (Lipinski definition) is 0. The smallest absolute Gasteiger partial charge is 0.437 e. The van der Waals surface area contributed by atoms with Crippen LogP contribution in [0.5, 0.6) is 11.6 Å². The minimum absolute atomic E-state index is 0.0790. The normalized spacial score (nSPS) is 11.2. The summed E-state index contributed by atoms with van der Waals surface area (Å²) in [6, 6.07) is 4.00. The van der Waals surface area contributed by atoms with Crippen LogP contribution >= 0.6 is 41.6 Å². The Morgan fingerprint density at radius 2 is 2.04 bits per heavy atom. The highest BCUT2D eigenvalue weighted by atomic mass is 35.7. The van der Waals surface area contributed by atoms with Crippen LogP contribution in [0.25, 0.3) is 0 Å². The lowest BCUT2D eigenvalue weighted by atomic mass is 10.1. The second-order valence-corrected chi connectivity index (χ2v) is 7.08. The van der Waals surface area contributed by atoms with Gasteiger partial charge in [-0.3, -0.25) is 10.1 Å². The highest BCUT2D eigenvalue weighted by molar-refractivity contribution is 7.80. The van der Waals surface area contributed by atoms with E-state index >= 15 is 0 Å². The van der Waals surface area contributed by atoms with Gasteiger partial charge in [0, 0.05) is 23.9 Å². The SMILES string of the molecule is CCc1cc([N+](=O)[O-])c([P+](=O)Cl)cc1Oc1ncc(Cl)cc1Cl. The van der Waals surface area contributed by atoms with Crippen molar-refractivity contribution in [1.82, 2.24) is 4.98 Å². The van der Waals surface area contributed by atoms with E-state index < -0.39 is 12.1 Å². The van der Waals surface area contributed by atoms with Gasteiger partial charge in [0.25, 0.3) is 5.30 Å². The molecule has 23 heavy (non-hydrogen) atoms. The first kappa shape index (κ1) is 17.9. The van der Waals surface area contributed by atoms with Crippen LogP contribution in [0.4, 0.5) is 5.69 Å². The predicted octanol–water partition coefficient (Wildman–Crippen LogP) is 5.26. The van der Waals surface area contributed by atoms with E-state index in [4.69, 9.17) is 39.2 Å². The number of rotatable bonds is 5. The minimum atomic E-state index is -2.44. The molecule has 1 aromatic carbocycles. The lowest BCUT2D eigenvalue weighted by molar-refractivity contribution is -0.383. The first-order chi connectivity index (χ1) is 10.8. The molecule has 1 unspecified atom stereocenters. The molecule has 120 valence electrons. The van der Waals surface area contributed by atoms with Crippen LogP contribution in [-0.4, -0.2) is 9.91 Å². The van der Waals surface area contributed by atoms with Gasteiger partial charge in [0.15, 0.2) is 0 Å². The number of hydrogen-bond acceptors (Lipinski definition) is 5. The van der Waals surface area contributed by atoms with Crippen LogP contribution in [0, 0.1) is 10.1 Å². The average Bonchev–Trinajstić information content (AvgIpc) is 2.49. The zero-order valence-corrected chi connectivity index (χ0v) is 14.8. The molecule has 0 amide bonds. The van der Waals surface area contributed by atoms with Gasteiger partial charge in [0.2, 0.25) is 17.1 Å². The fraction of sp³-hybridized carbons (Fsp3) is 0.154. The Kier molecular flexibility index (Phi) is 5.76. The summed E-state index contributed by atoms with van der Waals surface area (Å²) in [6.45, 7) is 1.79. The molecular weight excluding hydrogens is 385 g/mol. The highest BCUT2D eigenvalue weighted by Crippen LogP contribution is 2.37. The molecule has 0 bridgehead atoms. The molecule has 0 fully saturated rings. The van der Waals surface area contributed by atoms with Crippen molar-refractivity contribution in [1.29, 1.82) is 0 Å². The van der Waals surface area contributed by atoms with Gasteiger partial charge in [-0.2, -0.15) is 0 Å². The summed E-state index contributed by atoms with van der Waals surface area (Å²) in [7, 11) is -2.44. The van der Waals surface area contributed by atoms with E-state index in [0.29, 0.717) is 17.0 Å². The number of nitro benzene ring substituents is 1. The number of aromatic nitrogens is 1. The van der Waals surface area contributed by atoms with Crippen molar-refractivity contribution in [2.24, 2.45) is 0 Å². The van der Waals surface area contributed by atoms with Crippen molar-refractivity contribution in [3.05, 3.63) is 50.1 Å². The van der Waals surface area contributed by atoms with Crippen molar-refractivity contribution >= 4 is 52.6 Å². The third-order valence-corrected chi connectivity index (χ3v) is 4.67. The molecule has 0 N–H and O–H groups in total. The van der Waals surface area contributed by atoms with Gasteiger partial charge in [-0.05, 0) is 17.1 Å². The predicted molar refractivity (Wildman–Crippen MR) is 89.9 cm³/mol. The summed E-state index contributed by atoms with van der Waals surface area (Å²) < 4.78 is 17.2. The maximum atomic E-state index is 11.6. The third-order valence-electron chi connectivity index (χ3n) is 2.91. The van der Waals surface area contributed by atoms with E-state index in [2.05, 4.69) is 4.98 Å². The van der Waals surface area contributed by atoms with Crippen molar-refractivity contribution in [2.75, 3.05) is 0 Å². The third kappa shape index (κ3) is 4.09. The standard InChI is InChI=1S/C13H9Cl3N2O4P/c1-2-7-3-10(18(19)20)12(23(16)21)5-11(7)22-13-9(15)4-8(14)6-17-13/h3-6H,2H2,1H3/q+1. The molecule has 1 heterocycles. The number of benzene rings is 1. The first-order valence-corrected chi connectivity index (χ1v) is 9.18. The Morgan fingerprint density at radius 3 is 2.57 bits per heavy atom. The molecule has 1 aromatic heterocycles. The topological polar surface area (TPSA) is 82.3 Å². The number of pyridine rings is 1. The molecule has 0 saturated carbocycles. The van der Waals surface area contributed by atoms with Gasteiger partial charge in [-0.25, -0.2) is 4.98 Å². The lowest BCUT2D eigenvalue weighted by Crippen LogP contribution is -2.07. The molecule has 2 aromatic rings. The first-order valence-electron chi connectivity index (χ1n) is 6.26. The van der Waals surface area contributed by atoms with Crippen molar-refractivity contribution in [3.8, 4) is 11.6 Å². The van der Waals surface area contributed by atoms with Crippen molar-refractivity contribution < 1.29 is 14.2 Å². The van der Waals surface area contributed by atoms with E-state index in [9.17, 15) is 14.7 Å².